The first kappa shape index (κ1) is 22.8. The number of nitrogens with zero attached hydrogens (tertiary/aromatic N) is 2. The van der Waals surface area contributed by atoms with E-state index in [4.69, 9.17) is 11.1 Å². The molecule has 7 nitrogen and oxygen atoms in total. The summed E-state index contributed by atoms with van der Waals surface area (Å²) in [6, 6.07) is 9.72. The summed E-state index contributed by atoms with van der Waals surface area (Å²) in [5.74, 6) is -1.43. The summed E-state index contributed by atoms with van der Waals surface area (Å²) in [5, 5.41) is 21.5. The van der Waals surface area contributed by atoms with E-state index in [1.165, 1.54) is 41.9 Å². The van der Waals surface area contributed by atoms with E-state index in [2.05, 4.69) is 15.3 Å². The number of aromatic hydroxyl groups is 1. The van der Waals surface area contributed by atoms with Gasteiger partial charge in [0, 0.05) is 60.0 Å². The highest BCUT2D eigenvalue weighted by atomic mass is 32.1. The Kier molecular flexibility index (Phi) is 7.45. The van der Waals surface area contributed by atoms with Gasteiger partial charge in [-0.3, -0.25) is 14.8 Å². The predicted octanol–water partition coefficient (Wildman–Crippen LogP) is 3.92. The first-order valence-corrected chi connectivity index (χ1v) is 10.5. The van der Waals surface area contributed by atoms with E-state index >= 15 is 0 Å². The van der Waals surface area contributed by atoms with E-state index in [1.54, 1.807) is 43.7 Å². The van der Waals surface area contributed by atoms with Gasteiger partial charge in [0.25, 0.3) is 5.91 Å². The molecule has 0 bridgehead atoms. The first-order chi connectivity index (χ1) is 15.4. The molecule has 3 aromatic rings. The number of phenolic OH excluding ortho intramolecular Hbond substituents is 1. The maximum atomic E-state index is 14.6. The zero-order valence-corrected chi connectivity index (χ0v) is 18.1. The van der Waals surface area contributed by atoms with E-state index in [-0.39, 0.29) is 23.4 Å². The number of carbonyl (C=O) groups is 1. The first-order valence-electron chi connectivity index (χ1n) is 9.65. The van der Waals surface area contributed by atoms with Gasteiger partial charge in [-0.1, -0.05) is 12.1 Å². The molecular formula is C23H22FN5O2S. The molecule has 3 rings (SSSR count). The van der Waals surface area contributed by atoms with Crippen LogP contribution >= 0.6 is 11.3 Å². The van der Waals surface area contributed by atoms with Crippen LogP contribution < -0.4 is 11.1 Å². The van der Waals surface area contributed by atoms with E-state index in [9.17, 15) is 14.3 Å². The molecule has 1 atom stereocenters. The van der Waals surface area contributed by atoms with Crippen LogP contribution in [-0.4, -0.2) is 35.0 Å². The third-order valence-electron chi connectivity index (χ3n) is 4.66. The van der Waals surface area contributed by atoms with Gasteiger partial charge in [-0.2, -0.15) is 0 Å². The molecule has 1 unspecified atom stereocenters. The van der Waals surface area contributed by atoms with Crippen molar-refractivity contribution in [2.45, 2.75) is 12.5 Å². The predicted molar refractivity (Wildman–Crippen MR) is 125 cm³/mol. The molecule has 164 valence electrons. The number of phenols is 1. The van der Waals surface area contributed by atoms with Crippen molar-refractivity contribution in [1.82, 2.24) is 10.3 Å². The number of pyridine rings is 1. The highest BCUT2D eigenvalue weighted by molar-refractivity contribution is 7.15. The Balaban J connectivity index is 1.90. The minimum Gasteiger partial charge on any atom is -0.507 e. The summed E-state index contributed by atoms with van der Waals surface area (Å²) in [6.07, 6.45) is 6.05. The van der Waals surface area contributed by atoms with Crippen LogP contribution in [0.2, 0.25) is 0 Å². The Morgan fingerprint density at radius 1 is 1.31 bits per heavy atom. The van der Waals surface area contributed by atoms with Crippen LogP contribution in [0.3, 0.4) is 0 Å². The molecule has 0 saturated carbocycles. The van der Waals surface area contributed by atoms with Gasteiger partial charge in [0.15, 0.2) is 0 Å². The third-order valence-corrected chi connectivity index (χ3v) is 5.80. The Bertz CT molecular complexity index is 1150. The van der Waals surface area contributed by atoms with Crippen LogP contribution in [0.5, 0.6) is 5.75 Å². The smallest absolute Gasteiger partial charge is 0.261 e. The number of allylic oxidation sites excluding steroid dienone is 1. The molecule has 0 aliphatic carbocycles. The van der Waals surface area contributed by atoms with Crippen molar-refractivity contribution in [3.63, 3.8) is 0 Å². The van der Waals surface area contributed by atoms with Crippen LogP contribution in [0.15, 0.2) is 66.1 Å². The van der Waals surface area contributed by atoms with Gasteiger partial charge in [0.05, 0.1) is 16.5 Å². The van der Waals surface area contributed by atoms with Crippen molar-refractivity contribution in [2.75, 3.05) is 7.05 Å². The third kappa shape index (κ3) is 5.25. The Morgan fingerprint density at radius 2 is 2.09 bits per heavy atom. The van der Waals surface area contributed by atoms with Crippen LogP contribution in [0.25, 0.3) is 5.57 Å². The minimum absolute atomic E-state index is 0.0411. The van der Waals surface area contributed by atoms with Crippen molar-refractivity contribution < 1.29 is 14.3 Å². The summed E-state index contributed by atoms with van der Waals surface area (Å²) >= 11 is 1.20. The molecule has 5 N–H and O–H groups in total. The van der Waals surface area contributed by atoms with Crippen molar-refractivity contribution in [1.29, 1.82) is 5.41 Å². The van der Waals surface area contributed by atoms with Gasteiger partial charge in [0.2, 0.25) is 0 Å². The number of nitrogens with one attached hydrogen (secondary N) is 2. The molecule has 0 fully saturated rings. The molecule has 2 heterocycles. The molecular weight excluding hydrogens is 429 g/mol. The van der Waals surface area contributed by atoms with Crippen molar-refractivity contribution in [3.8, 4) is 5.75 Å². The number of benzene rings is 1. The summed E-state index contributed by atoms with van der Waals surface area (Å²) < 4.78 is 14.6. The molecule has 0 aliphatic rings. The molecule has 0 saturated heterocycles. The van der Waals surface area contributed by atoms with E-state index in [0.29, 0.717) is 16.0 Å². The zero-order chi connectivity index (χ0) is 23.1. The van der Waals surface area contributed by atoms with Crippen LogP contribution in [0, 0.1) is 11.2 Å². The Morgan fingerprint density at radius 3 is 2.75 bits per heavy atom. The Labute approximate surface area is 188 Å². The molecule has 9 heteroatoms. The summed E-state index contributed by atoms with van der Waals surface area (Å²) in [5.41, 5.74) is 6.90. The molecule has 2 aromatic heterocycles. The number of hydrogen-bond acceptors (Lipinski definition) is 7. The monoisotopic (exact) mass is 451 g/mol. The average molecular weight is 452 g/mol. The fourth-order valence-corrected chi connectivity index (χ4v) is 4.03. The lowest BCUT2D eigenvalue weighted by Gasteiger charge is -2.21. The number of amides is 1. The second kappa shape index (κ2) is 10.5. The Hall–Kier alpha value is -3.85. The van der Waals surface area contributed by atoms with Gasteiger partial charge in [0.1, 0.15) is 11.6 Å². The lowest BCUT2D eigenvalue weighted by Crippen LogP contribution is -2.30. The fourth-order valence-electron chi connectivity index (χ4n) is 3.13. The topological polar surface area (TPSA) is 124 Å². The van der Waals surface area contributed by atoms with E-state index in [0.717, 1.165) is 4.88 Å². The van der Waals surface area contributed by atoms with E-state index in [1.807, 2.05) is 0 Å². The second-order valence-electron chi connectivity index (χ2n) is 6.80. The van der Waals surface area contributed by atoms with Gasteiger partial charge >= 0.3 is 0 Å². The van der Waals surface area contributed by atoms with Gasteiger partial charge in [-0.25, -0.2) is 4.39 Å². The number of aromatic nitrogens is 1. The van der Waals surface area contributed by atoms with Crippen molar-refractivity contribution in [3.05, 3.63) is 87.8 Å². The van der Waals surface area contributed by atoms with Gasteiger partial charge in [-0.15, -0.1) is 11.3 Å². The average Bonchev–Trinajstić information content (AvgIpc) is 3.28. The summed E-state index contributed by atoms with van der Waals surface area (Å²) in [6.45, 7) is 0. The fraction of sp³-hybridized carbons (Fsp3) is 0.130. The number of carbonyl (C=O) groups excluding carboxylic acids is 1. The van der Waals surface area contributed by atoms with Crippen LogP contribution in [0.1, 0.15) is 38.1 Å². The van der Waals surface area contributed by atoms with Crippen molar-refractivity contribution >= 4 is 34.7 Å². The summed E-state index contributed by atoms with van der Waals surface area (Å²) in [4.78, 5) is 22.0. The molecule has 0 aliphatic heterocycles. The number of aliphatic imine (C=N–C) groups is 1. The molecule has 0 radical (unpaired) electrons. The minimum atomic E-state index is -0.969. The number of rotatable bonds is 8. The zero-order valence-electron chi connectivity index (χ0n) is 17.2. The second-order valence-corrected chi connectivity index (χ2v) is 7.88. The van der Waals surface area contributed by atoms with Gasteiger partial charge in [-0.05, 0) is 30.3 Å². The van der Waals surface area contributed by atoms with Crippen molar-refractivity contribution in [2.24, 2.45) is 10.7 Å². The molecule has 1 amide bonds. The largest absolute Gasteiger partial charge is 0.507 e. The lowest BCUT2D eigenvalue weighted by molar-refractivity contribution is 0.0941. The number of nitrogens with two attached hydrogens (primary N) is 1. The highest BCUT2D eigenvalue weighted by Gasteiger charge is 2.25. The quantitative estimate of drug-likeness (QED) is 0.388. The maximum Gasteiger partial charge on any atom is 0.261 e. The number of thiophene rings is 1. The molecule has 1 aromatic carbocycles. The molecule has 0 spiro atoms. The lowest BCUT2D eigenvalue weighted by atomic mass is 9.96. The highest BCUT2D eigenvalue weighted by Crippen LogP contribution is 2.31. The number of halogens is 1. The van der Waals surface area contributed by atoms with Crippen LogP contribution in [-0.2, 0) is 0 Å². The summed E-state index contributed by atoms with van der Waals surface area (Å²) in [7, 11) is 1.62. The normalized spacial score (nSPS) is 12.6. The number of hydrogen-bond donors (Lipinski definition) is 4. The molecule has 32 heavy (non-hydrogen) atoms. The SMILES string of the molecule is CN=CC(=CN)c1ccc(C(=O)NC(CC(=N)c2cccnc2)c2c(O)cccc2F)s1. The standard InChI is InChI=1S/C23H22FN5O2S/c1-27-12-15(11-25)20-7-8-21(32-20)23(31)29-18(22-16(24)5-2-6-19(22)30)10-17(26)14-4-3-9-28-13-14/h2-9,11-13,18,26,30H,10,25H2,1H3,(H,29,31). The van der Waals surface area contributed by atoms with Crippen LogP contribution in [0.4, 0.5) is 4.39 Å². The maximum absolute atomic E-state index is 14.6. The van der Waals surface area contributed by atoms with Gasteiger partial charge < -0.3 is 21.6 Å². The van der Waals surface area contributed by atoms with E-state index < -0.39 is 17.8 Å².